The van der Waals surface area contributed by atoms with Crippen LogP contribution >= 0.6 is 11.8 Å². The molecule has 1 unspecified atom stereocenters. The number of thioether (sulfide) groups is 1. The van der Waals surface area contributed by atoms with Crippen LogP contribution in [0.4, 0.5) is 0 Å². The van der Waals surface area contributed by atoms with Gasteiger partial charge >= 0.3 is 11.9 Å². The van der Waals surface area contributed by atoms with E-state index in [0.717, 1.165) is 75.5 Å². The summed E-state index contributed by atoms with van der Waals surface area (Å²) in [5, 5.41) is 0.224. The van der Waals surface area contributed by atoms with Crippen LogP contribution in [0.2, 0.25) is 0 Å². The molecule has 6 nitrogen and oxygen atoms in total. The van der Waals surface area contributed by atoms with Crippen LogP contribution in [-0.4, -0.2) is 52.5 Å². The number of rotatable bonds is 20. The van der Waals surface area contributed by atoms with Crippen molar-refractivity contribution in [2.45, 2.75) is 142 Å². The molecular formula is C36H57NO5S. The molecule has 2 fully saturated rings. The van der Waals surface area contributed by atoms with E-state index in [0.29, 0.717) is 45.4 Å². The van der Waals surface area contributed by atoms with Gasteiger partial charge in [0.15, 0.2) is 5.41 Å². The molecule has 0 aliphatic carbocycles. The molecule has 0 aromatic heterocycles. The molecule has 1 aromatic carbocycles. The summed E-state index contributed by atoms with van der Waals surface area (Å²) in [4.78, 5) is 43.1. The third-order valence-corrected chi connectivity index (χ3v) is 12.0. The van der Waals surface area contributed by atoms with E-state index in [4.69, 9.17) is 9.47 Å². The van der Waals surface area contributed by atoms with Gasteiger partial charge in [-0.25, -0.2) is 0 Å². The molecule has 0 spiro atoms. The Morgan fingerprint density at radius 3 is 2.00 bits per heavy atom. The zero-order valence-corrected chi connectivity index (χ0v) is 28.4. The van der Waals surface area contributed by atoms with Crippen molar-refractivity contribution < 1.29 is 23.9 Å². The maximum Gasteiger partial charge on any atom is 0.323 e. The van der Waals surface area contributed by atoms with Crippen LogP contribution in [0.25, 0.3) is 0 Å². The summed E-state index contributed by atoms with van der Waals surface area (Å²) in [7, 11) is 0. The molecule has 242 valence electrons. The minimum Gasteiger partial charge on any atom is -0.465 e. The monoisotopic (exact) mass is 615 g/mol. The number of nitrogens with zero attached hydrogens (tertiary/aromatic N) is 1. The van der Waals surface area contributed by atoms with E-state index in [1.165, 1.54) is 0 Å². The molecule has 2 heterocycles. The number of hydrogen-bond acceptors (Lipinski definition) is 6. The topological polar surface area (TPSA) is 72.9 Å². The number of amides is 1. The van der Waals surface area contributed by atoms with E-state index in [2.05, 4.69) is 51.7 Å². The lowest BCUT2D eigenvalue weighted by atomic mass is 9.70. The molecule has 43 heavy (non-hydrogen) atoms. The highest BCUT2D eigenvalue weighted by atomic mass is 32.2. The Morgan fingerprint density at radius 1 is 0.860 bits per heavy atom. The number of likely N-dealkylation sites (tertiary alicyclic amines) is 1. The van der Waals surface area contributed by atoms with Crippen LogP contribution in [0.3, 0.4) is 0 Å². The van der Waals surface area contributed by atoms with Gasteiger partial charge in [0.2, 0.25) is 5.91 Å². The van der Waals surface area contributed by atoms with Crippen molar-refractivity contribution in [2.24, 2.45) is 10.8 Å². The van der Waals surface area contributed by atoms with Crippen molar-refractivity contribution >= 4 is 29.6 Å². The molecule has 0 bridgehead atoms. The molecule has 2 aliphatic heterocycles. The maximum absolute atomic E-state index is 13.8. The molecule has 1 aromatic rings. The lowest BCUT2D eigenvalue weighted by Gasteiger charge is -2.44. The Hall–Kier alpha value is -2.02. The van der Waals surface area contributed by atoms with Crippen LogP contribution in [0.15, 0.2) is 30.3 Å². The third kappa shape index (κ3) is 8.38. The number of esters is 2. The van der Waals surface area contributed by atoms with E-state index in [9.17, 15) is 14.4 Å². The van der Waals surface area contributed by atoms with Crippen LogP contribution in [0.5, 0.6) is 0 Å². The molecular weight excluding hydrogens is 558 g/mol. The first-order chi connectivity index (χ1) is 20.7. The van der Waals surface area contributed by atoms with Crippen molar-refractivity contribution in [3.8, 4) is 0 Å². The van der Waals surface area contributed by atoms with Gasteiger partial charge in [-0.2, -0.15) is 11.8 Å². The molecule has 3 atom stereocenters. The molecule has 0 saturated carbocycles. The van der Waals surface area contributed by atoms with Gasteiger partial charge in [0.1, 0.15) is 0 Å². The fourth-order valence-electron chi connectivity index (χ4n) is 6.97. The first-order valence-electron chi connectivity index (χ1n) is 17.0. The van der Waals surface area contributed by atoms with E-state index < -0.39 is 17.4 Å². The lowest BCUT2D eigenvalue weighted by Crippen LogP contribution is -2.54. The summed E-state index contributed by atoms with van der Waals surface area (Å²) in [6.07, 6.45) is 11.4. The van der Waals surface area contributed by atoms with E-state index in [-0.39, 0.29) is 22.1 Å². The average molecular weight is 616 g/mol. The predicted molar refractivity (Wildman–Crippen MR) is 176 cm³/mol. The zero-order chi connectivity index (χ0) is 31.3. The smallest absolute Gasteiger partial charge is 0.323 e. The molecule has 3 rings (SSSR count). The van der Waals surface area contributed by atoms with Gasteiger partial charge in [-0.05, 0) is 44.6 Å². The highest BCUT2D eigenvalue weighted by molar-refractivity contribution is 8.00. The summed E-state index contributed by atoms with van der Waals surface area (Å²) in [5.41, 5.74) is -0.529. The zero-order valence-electron chi connectivity index (χ0n) is 27.6. The van der Waals surface area contributed by atoms with Crippen molar-refractivity contribution in [3.05, 3.63) is 35.9 Å². The quantitative estimate of drug-likeness (QED) is 0.0832. The van der Waals surface area contributed by atoms with Crippen molar-refractivity contribution in [1.82, 2.24) is 4.90 Å². The minimum atomic E-state index is -1.27. The van der Waals surface area contributed by atoms with Crippen LogP contribution in [-0.2, 0) is 30.4 Å². The average Bonchev–Trinajstić information content (AvgIpc) is 3.35. The summed E-state index contributed by atoms with van der Waals surface area (Å²) >= 11 is 1.95. The summed E-state index contributed by atoms with van der Waals surface area (Å²) in [6.45, 7) is 12.2. The fraction of sp³-hybridized carbons (Fsp3) is 0.750. The molecule has 2 aliphatic rings. The molecule has 2 saturated heterocycles. The Kier molecular flexibility index (Phi) is 13.9. The highest BCUT2D eigenvalue weighted by Crippen LogP contribution is 2.60. The van der Waals surface area contributed by atoms with Crippen molar-refractivity contribution in [1.29, 1.82) is 0 Å². The number of fused-ring (bicyclic) bond motifs is 1. The standard InChI is InChI=1S/C36H57NO5S/c1-6-9-15-22-36(32(39)41-24-16-10-7-2,33(40)42-25-17-11-8-3)23-18-21-30-35(5)34(4,28-43-30)26-31(38)37(35)27-29-19-13-12-14-20-29/h12-14,19-20,30H,6-11,15-18,21-28H2,1-5H3/t30?,34-,35+/m0/s1. The molecule has 1 amide bonds. The van der Waals surface area contributed by atoms with Gasteiger partial charge in [-0.3, -0.25) is 14.4 Å². The van der Waals surface area contributed by atoms with Crippen molar-refractivity contribution in [2.75, 3.05) is 19.0 Å². The summed E-state index contributed by atoms with van der Waals surface area (Å²) < 4.78 is 11.6. The largest absolute Gasteiger partial charge is 0.465 e. The second-order valence-electron chi connectivity index (χ2n) is 13.3. The van der Waals surface area contributed by atoms with Gasteiger partial charge in [-0.15, -0.1) is 0 Å². The SMILES string of the molecule is CCCCCOC(=O)C(CCCCC)(CCCC1SC[C@]2(C)CC(=O)N(Cc3ccccc3)[C@]12C)C(=O)OCCCCC. The van der Waals surface area contributed by atoms with Crippen LogP contribution < -0.4 is 0 Å². The highest BCUT2D eigenvalue weighted by Gasteiger charge is 2.64. The lowest BCUT2D eigenvalue weighted by molar-refractivity contribution is -0.174. The summed E-state index contributed by atoms with van der Waals surface area (Å²) in [6, 6.07) is 10.2. The molecule has 0 N–H and O–H groups in total. The number of carbonyl (C=O) groups excluding carboxylic acids is 3. The first kappa shape index (κ1) is 35.5. The Labute approximate surface area is 265 Å². The molecule has 0 radical (unpaired) electrons. The van der Waals surface area contributed by atoms with Gasteiger partial charge in [-0.1, -0.05) is 109 Å². The van der Waals surface area contributed by atoms with E-state index >= 15 is 0 Å². The normalized spacial score (nSPS) is 23.4. The van der Waals surface area contributed by atoms with Crippen molar-refractivity contribution in [3.63, 3.8) is 0 Å². The fourth-order valence-corrected chi connectivity index (χ4v) is 9.01. The third-order valence-electron chi connectivity index (χ3n) is 10.1. The Balaban J connectivity index is 1.80. The second kappa shape index (κ2) is 16.9. The van der Waals surface area contributed by atoms with Gasteiger partial charge in [0.25, 0.3) is 0 Å². The number of unbranched alkanes of at least 4 members (excludes halogenated alkanes) is 6. The summed E-state index contributed by atoms with van der Waals surface area (Å²) in [5.74, 6) is 0.347. The number of benzene rings is 1. The maximum atomic E-state index is 13.8. The number of hydrogen-bond donors (Lipinski definition) is 0. The van der Waals surface area contributed by atoms with Gasteiger partial charge in [0.05, 0.1) is 18.8 Å². The first-order valence-corrected chi connectivity index (χ1v) is 18.0. The second-order valence-corrected chi connectivity index (χ2v) is 14.5. The minimum absolute atomic E-state index is 0.108. The Bertz CT molecular complexity index is 1010. The number of ether oxygens (including phenoxy) is 2. The predicted octanol–water partition coefficient (Wildman–Crippen LogP) is 8.50. The molecule has 7 heteroatoms. The van der Waals surface area contributed by atoms with E-state index in [1.807, 2.05) is 30.0 Å². The van der Waals surface area contributed by atoms with Crippen LogP contribution in [0, 0.1) is 10.8 Å². The van der Waals surface area contributed by atoms with Crippen LogP contribution in [0.1, 0.15) is 130 Å². The number of carbonyl (C=O) groups is 3. The Morgan fingerprint density at radius 2 is 1.42 bits per heavy atom. The van der Waals surface area contributed by atoms with Gasteiger partial charge < -0.3 is 14.4 Å². The van der Waals surface area contributed by atoms with E-state index in [1.54, 1.807) is 0 Å². The van der Waals surface area contributed by atoms with Gasteiger partial charge in [0, 0.05) is 29.4 Å².